The van der Waals surface area contributed by atoms with Gasteiger partial charge in [-0.2, -0.15) is 0 Å². The van der Waals surface area contributed by atoms with Crippen molar-refractivity contribution in [2.45, 2.75) is 136 Å². The van der Waals surface area contributed by atoms with Crippen molar-refractivity contribution in [3.05, 3.63) is 35.5 Å². The molecule has 7 atom stereocenters. The van der Waals surface area contributed by atoms with Gasteiger partial charge < -0.3 is 15.3 Å². The maximum Gasteiger partial charge on any atom is 0.0839 e. The van der Waals surface area contributed by atoms with E-state index in [1.165, 1.54) is 38.5 Å². The quantitative estimate of drug-likeness (QED) is 0.280. The average molecular weight is 487 g/mol. The van der Waals surface area contributed by atoms with Crippen LogP contribution in [0.3, 0.4) is 0 Å². The highest BCUT2D eigenvalue weighted by molar-refractivity contribution is 5.39. The van der Waals surface area contributed by atoms with Gasteiger partial charge in [-0.3, -0.25) is 0 Å². The van der Waals surface area contributed by atoms with E-state index in [1.54, 1.807) is 5.57 Å². The van der Waals surface area contributed by atoms with Crippen LogP contribution in [0.5, 0.6) is 0 Å². The fourth-order valence-corrected chi connectivity index (χ4v) is 7.80. The number of hydrogen-bond acceptors (Lipinski definition) is 3. The van der Waals surface area contributed by atoms with Crippen LogP contribution in [0.15, 0.2) is 35.5 Å². The third-order valence-electron chi connectivity index (χ3n) is 9.91. The normalized spacial score (nSPS) is 37.1. The number of allylic oxidation sites excluding steroid dienone is 3. The summed E-state index contributed by atoms with van der Waals surface area (Å²) in [7, 11) is 0. The molecule has 1 unspecified atom stereocenters. The molecule has 0 aromatic heterocycles. The zero-order valence-electron chi connectivity index (χ0n) is 23.4. The number of fused-ring (bicyclic) bond motifs is 1. The molecule has 3 N–H and O–H groups in total. The van der Waals surface area contributed by atoms with Crippen LogP contribution in [0, 0.1) is 29.1 Å². The Bertz CT molecular complexity index is 772. The van der Waals surface area contributed by atoms with Crippen molar-refractivity contribution >= 4 is 0 Å². The van der Waals surface area contributed by atoms with E-state index < -0.39 is 17.8 Å². The summed E-state index contributed by atoms with van der Waals surface area (Å²) < 4.78 is 0. The largest absolute Gasteiger partial charge is 0.392 e. The minimum absolute atomic E-state index is 0.0784. The van der Waals surface area contributed by atoms with Crippen molar-refractivity contribution in [1.82, 2.24) is 0 Å². The predicted octanol–water partition coefficient (Wildman–Crippen LogP) is 7.51. The Morgan fingerprint density at radius 2 is 1.89 bits per heavy atom. The number of aliphatic hydroxyl groups excluding tert-OH is 2. The highest BCUT2D eigenvalue weighted by Crippen LogP contribution is 2.60. The fraction of sp³-hybridized carbons (Fsp3) is 0.812. The topological polar surface area (TPSA) is 60.7 Å². The summed E-state index contributed by atoms with van der Waals surface area (Å²) in [6, 6.07) is 0. The van der Waals surface area contributed by atoms with Gasteiger partial charge in [0.25, 0.3) is 0 Å². The first-order valence-corrected chi connectivity index (χ1v) is 14.6. The zero-order valence-corrected chi connectivity index (χ0v) is 23.4. The van der Waals surface area contributed by atoms with Gasteiger partial charge in [0.1, 0.15) is 0 Å². The lowest BCUT2D eigenvalue weighted by Crippen LogP contribution is -2.38. The van der Waals surface area contributed by atoms with Crippen molar-refractivity contribution in [2.24, 2.45) is 29.1 Å². The zero-order chi connectivity index (χ0) is 25.8. The van der Waals surface area contributed by atoms with Crippen LogP contribution in [0.4, 0.5) is 0 Å². The van der Waals surface area contributed by atoms with Gasteiger partial charge in [0, 0.05) is 5.92 Å². The average Bonchev–Trinajstić information content (AvgIpc) is 3.14. The van der Waals surface area contributed by atoms with Gasteiger partial charge in [0.2, 0.25) is 0 Å². The Labute approximate surface area is 215 Å². The van der Waals surface area contributed by atoms with Crippen molar-refractivity contribution in [2.75, 3.05) is 0 Å². The highest BCUT2D eigenvalue weighted by atomic mass is 16.3. The molecule has 0 aromatic carbocycles. The van der Waals surface area contributed by atoms with Crippen LogP contribution in [0.1, 0.15) is 118 Å². The van der Waals surface area contributed by atoms with E-state index in [0.29, 0.717) is 23.7 Å². The van der Waals surface area contributed by atoms with Crippen LogP contribution in [0.25, 0.3) is 0 Å². The number of hydrogen-bond donors (Lipinski definition) is 3. The van der Waals surface area contributed by atoms with Crippen molar-refractivity contribution in [1.29, 1.82) is 0 Å². The summed E-state index contributed by atoms with van der Waals surface area (Å²) in [6.45, 7) is 15.2. The SMILES string of the molecule is C=C1/C(=C\C=C2CCC[C@@]3(C)C2CC[C@@H]3[C@H](C)CCCC(C)(C)O)C[C@@H](O)[C@@H](CCCCC)[C@H]1O. The lowest BCUT2D eigenvalue weighted by molar-refractivity contribution is 0.0129. The van der Waals surface area contributed by atoms with Crippen LogP contribution in [0.2, 0.25) is 0 Å². The third kappa shape index (κ3) is 6.90. The molecule has 35 heavy (non-hydrogen) atoms. The Balaban J connectivity index is 1.67. The molecule has 3 rings (SSSR count). The standard InChI is InChI=1S/C32H54O3/c1-7-8-9-14-26-29(33)21-25(23(3)30(26)34)16-15-24-13-11-20-32(6)27(17-18-28(24)32)22(2)12-10-19-31(4,5)35/h15-16,22,26-30,33-35H,3,7-14,17-21H2,1-2,4-6H3/b24-15?,25-16-/t22-,26-,27-,28?,29-,30+,32-/m1/s1. The lowest BCUT2D eigenvalue weighted by Gasteiger charge is -2.44. The summed E-state index contributed by atoms with van der Waals surface area (Å²) >= 11 is 0. The Kier molecular flexibility index (Phi) is 9.91. The van der Waals surface area contributed by atoms with E-state index in [0.717, 1.165) is 55.6 Å². The molecule has 0 amide bonds. The number of aliphatic hydroxyl groups is 3. The molecule has 0 aromatic rings. The van der Waals surface area contributed by atoms with Crippen LogP contribution in [-0.2, 0) is 0 Å². The minimum Gasteiger partial charge on any atom is -0.392 e. The Hall–Kier alpha value is -0.900. The van der Waals surface area contributed by atoms with E-state index >= 15 is 0 Å². The second-order valence-corrected chi connectivity index (χ2v) is 13.1. The van der Waals surface area contributed by atoms with E-state index in [-0.39, 0.29) is 5.92 Å². The van der Waals surface area contributed by atoms with E-state index in [2.05, 4.69) is 39.5 Å². The molecule has 3 fully saturated rings. The second-order valence-electron chi connectivity index (χ2n) is 13.1. The summed E-state index contributed by atoms with van der Waals surface area (Å²) in [5.74, 6) is 2.01. The minimum atomic E-state index is -0.627. The maximum atomic E-state index is 10.9. The van der Waals surface area contributed by atoms with Crippen molar-refractivity contribution in [3.8, 4) is 0 Å². The molecule has 0 heterocycles. The molecule has 3 nitrogen and oxygen atoms in total. The summed E-state index contributed by atoms with van der Waals surface area (Å²) in [4.78, 5) is 0. The molecular weight excluding hydrogens is 432 g/mol. The smallest absolute Gasteiger partial charge is 0.0839 e. The van der Waals surface area contributed by atoms with Gasteiger partial charge >= 0.3 is 0 Å². The lowest BCUT2D eigenvalue weighted by atomic mass is 9.60. The first-order chi connectivity index (χ1) is 16.5. The van der Waals surface area contributed by atoms with Gasteiger partial charge in [-0.1, -0.05) is 77.2 Å². The molecule has 200 valence electrons. The van der Waals surface area contributed by atoms with Crippen LogP contribution >= 0.6 is 0 Å². The highest BCUT2D eigenvalue weighted by Gasteiger charge is 2.50. The maximum absolute atomic E-state index is 10.9. The van der Waals surface area contributed by atoms with E-state index in [4.69, 9.17) is 0 Å². The Morgan fingerprint density at radius 3 is 2.57 bits per heavy atom. The van der Waals surface area contributed by atoms with Gasteiger partial charge in [0.15, 0.2) is 0 Å². The van der Waals surface area contributed by atoms with Gasteiger partial charge in [0.05, 0.1) is 17.8 Å². The predicted molar refractivity (Wildman–Crippen MR) is 147 cm³/mol. The van der Waals surface area contributed by atoms with E-state index in [9.17, 15) is 15.3 Å². The molecule has 3 aliphatic rings. The van der Waals surface area contributed by atoms with E-state index in [1.807, 2.05) is 13.8 Å². The third-order valence-corrected chi connectivity index (χ3v) is 9.91. The molecule has 0 aliphatic heterocycles. The molecule has 0 spiro atoms. The van der Waals surface area contributed by atoms with Crippen molar-refractivity contribution < 1.29 is 15.3 Å². The molecule has 0 radical (unpaired) electrons. The van der Waals surface area contributed by atoms with Crippen LogP contribution in [-0.4, -0.2) is 33.1 Å². The number of rotatable bonds is 10. The molecule has 0 bridgehead atoms. The summed E-state index contributed by atoms with van der Waals surface area (Å²) in [6.07, 6.45) is 17.8. The summed E-state index contributed by atoms with van der Waals surface area (Å²) in [5.41, 5.74) is 3.22. The number of unbranched alkanes of at least 4 members (excludes halogenated alkanes) is 2. The molecular formula is C32H54O3. The van der Waals surface area contributed by atoms with Gasteiger partial charge in [-0.25, -0.2) is 0 Å². The molecule has 3 heteroatoms. The van der Waals surface area contributed by atoms with Gasteiger partial charge in [-0.15, -0.1) is 0 Å². The second kappa shape index (κ2) is 12.1. The van der Waals surface area contributed by atoms with Gasteiger partial charge in [-0.05, 0) is 99.5 Å². The molecule has 0 saturated heterocycles. The first kappa shape index (κ1) is 28.7. The Morgan fingerprint density at radius 1 is 1.14 bits per heavy atom. The molecule has 3 saturated carbocycles. The first-order valence-electron chi connectivity index (χ1n) is 14.6. The monoisotopic (exact) mass is 486 g/mol. The summed E-state index contributed by atoms with van der Waals surface area (Å²) in [5, 5.41) is 31.8. The van der Waals surface area contributed by atoms with Crippen LogP contribution < -0.4 is 0 Å². The molecule has 3 aliphatic carbocycles. The van der Waals surface area contributed by atoms with Crippen molar-refractivity contribution in [3.63, 3.8) is 0 Å². The fourth-order valence-electron chi connectivity index (χ4n) is 7.80.